The molecule has 3 aliphatic rings. The second kappa shape index (κ2) is 3.21. The summed E-state index contributed by atoms with van der Waals surface area (Å²) >= 11 is 0. The molecule has 92 valence electrons. The van der Waals surface area contributed by atoms with Crippen LogP contribution in [0.2, 0.25) is 0 Å². The van der Waals surface area contributed by atoms with Gasteiger partial charge in [0.15, 0.2) is 9.84 Å². The zero-order chi connectivity index (χ0) is 11.6. The molecule has 3 fully saturated rings. The highest BCUT2D eigenvalue weighted by Gasteiger charge is 2.63. The lowest BCUT2D eigenvalue weighted by atomic mass is 9.60. The zero-order valence-electron chi connectivity index (χ0n) is 9.30. The van der Waals surface area contributed by atoms with Crippen LogP contribution in [0.3, 0.4) is 0 Å². The van der Waals surface area contributed by atoms with Crippen LogP contribution in [-0.2, 0) is 9.84 Å². The first kappa shape index (κ1) is 11.0. The monoisotopic (exact) mass is 245 g/mol. The van der Waals surface area contributed by atoms with E-state index in [-0.39, 0.29) is 12.0 Å². The quantitative estimate of drug-likeness (QED) is 0.695. The van der Waals surface area contributed by atoms with Gasteiger partial charge in [0.1, 0.15) is 0 Å². The highest BCUT2D eigenvalue weighted by Crippen LogP contribution is 2.63. The third-order valence-corrected chi connectivity index (χ3v) is 6.98. The highest BCUT2D eigenvalue weighted by molar-refractivity contribution is 7.91. The summed E-state index contributed by atoms with van der Waals surface area (Å²) in [5.41, 5.74) is 5.65. The predicted molar refractivity (Wildman–Crippen MR) is 60.4 cm³/mol. The van der Waals surface area contributed by atoms with Gasteiger partial charge in [-0.3, -0.25) is 0 Å². The number of aliphatic hydroxyl groups excluding tert-OH is 1. The van der Waals surface area contributed by atoms with E-state index in [1.807, 2.05) is 0 Å². The maximum Gasteiger partial charge on any atom is 0.150 e. The molecule has 3 N–H and O–H groups in total. The Balaban J connectivity index is 1.80. The number of hydrogen-bond donors (Lipinski definition) is 2. The van der Waals surface area contributed by atoms with E-state index in [1.54, 1.807) is 0 Å². The molecule has 0 aromatic heterocycles. The molecule has 4 nitrogen and oxygen atoms in total. The second-order valence-electron chi connectivity index (χ2n) is 6.00. The molecule has 5 atom stereocenters. The minimum absolute atomic E-state index is 0.108. The van der Waals surface area contributed by atoms with E-state index in [1.165, 1.54) is 0 Å². The van der Waals surface area contributed by atoms with Crippen molar-refractivity contribution in [2.75, 3.05) is 24.7 Å². The molecule has 2 saturated carbocycles. The summed E-state index contributed by atoms with van der Waals surface area (Å²) in [6, 6.07) is 0. The Bertz CT molecular complexity index is 373. The average molecular weight is 245 g/mol. The second-order valence-corrected chi connectivity index (χ2v) is 8.16. The van der Waals surface area contributed by atoms with Crippen molar-refractivity contribution in [3.05, 3.63) is 0 Å². The first-order valence-corrected chi connectivity index (χ1v) is 7.84. The van der Waals surface area contributed by atoms with Crippen LogP contribution in [0.5, 0.6) is 0 Å². The van der Waals surface area contributed by atoms with Crippen LogP contribution in [0.1, 0.15) is 12.8 Å². The fraction of sp³-hybridized carbons (Fsp3) is 1.00. The number of aliphatic hydroxyl groups is 1. The average Bonchev–Trinajstić information content (AvgIpc) is 2.73. The standard InChI is InChI=1S/C11H19NO3S/c12-5-11(6-13)1-7-8(2-11)10-4-16(14,15)3-9(7)10/h7-10,13H,1-6,12H2/t7-,8+,9+,10-,11?. The van der Waals surface area contributed by atoms with Gasteiger partial charge in [-0.1, -0.05) is 0 Å². The van der Waals surface area contributed by atoms with Gasteiger partial charge >= 0.3 is 0 Å². The Morgan fingerprint density at radius 3 is 2.00 bits per heavy atom. The van der Waals surface area contributed by atoms with E-state index in [0.29, 0.717) is 41.7 Å². The first-order chi connectivity index (χ1) is 7.50. The summed E-state index contributed by atoms with van der Waals surface area (Å²) in [5.74, 6) is 2.52. The van der Waals surface area contributed by atoms with Gasteiger partial charge in [-0.25, -0.2) is 8.42 Å². The molecule has 0 amide bonds. The molecule has 1 saturated heterocycles. The smallest absolute Gasteiger partial charge is 0.150 e. The molecule has 0 bridgehead atoms. The lowest BCUT2D eigenvalue weighted by Crippen LogP contribution is -2.42. The van der Waals surface area contributed by atoms with Crippen LogP contribution >= 0.6 is 0 Å². The molecule has 16 heavy (non-hydrogen) atoms. The Morgan fingerprint density at radius 1 is 1.12 bits per heavy atom. The number of nitrogens with two attached hydrogens (primary N) is 1. The van der Waals surface area contributed by atoms with Gasteiger partial charge in [0.2, 0.25) is 0 Å². The highest BCUT2D eigenvalue weighted by atomic mass is 32.2. The maximum atomic E-state index is 11.5. The Hall–Kier alpha value is -0.130. The van der Waals surface area contributed by atoms with Crippen molar-refractivity contribution in [2.45, 2.75) is 12.8 Å². The van der Waals surface area contributed by atoms with Crippen LogP contribution in [0.4, 0.5) is 0 Å². The van der Waals surface area contributed by atoms with Crippen molar-refractivity contribution >= 4 is 9.84 Å². The molecule has 1 aliphatic heterocycles. The van der Waals surface area contributed by atoms with Crippen LogP contribution in [0, 0.1) is 29.1 Å². The van der Waals surface area contributed by atoms with E-state index in [4.69, 9.17) is 5.73 Å². The van der Waals surface area contributed by atoms with Crippen molar-refractivity contribution < 1.29 is 13.5 Å². The summed E-state index contributed by atoms with van der Waals surface area (Å²) in [6.07, 6.45) is 1.86. The SMILES string of the molecule is NCC1(CO)C[C@@H]2[C@H](C1)[C@H]1CS(=O)(=O)C[C@@H]21. The van der Waals surface area contributed by atoms with E-state index in [0.717, 1.165) is 12.8 Å². The van der Waals surface area contributed by atoms with Gasteiger partial charge in [-0.15, -0.1) is 0 Å². The molecule has 0 aromatic rings. The molecule has 5 heteroatoms. The summed E-state index contributed by atoms with van der Waals surface area (Å²) in [7, 11) is -2.77. The molecule has 0 radical (unpaired) electrons. The fourth-order valence-electron chi connectivity index (χ4n) is 4.32. The Kier molecular flexibility index (Phi) is 2.20. The van der Waals surface area contributed by atoms with E-state index in [9.17, 15) is 13.5 Å². The van der Waals surface area contributed by atoms with Crippen LogP contribution < -0.4 is 5.73 Å². The lowest BCUT2D eigenvalue weighted by Gasteiger charge is -2.44. The van der Waals surface area contributed by atoms with E-state index >= 15 is 0 Å². The van der Waals surface area contributed by atoms with Gasteiger partial charge in [0, 0.05) is 18.6 Å². The summed E-state index contributed by atoms with van der Waals surface area (Å²) in [4.78, 5) is 0. The Labute approximate surface area is 96.1 Å². The predicted octanol–water partition coefficient (Wildman–Crippen LogP) is -0.376. The van der Waals surface area contributed by atoms with Crippen molar-refractivity contribution in [1.82, 2.24) is 0 Å². The van der Waals surface area contributed by atoms with Crippen molar-refractivity contribution in [3.8, 4) is 0 Å². The minimum atomic E-state index is -2.77. The molecule has 1 heterocycles. The largest absolute Gasteiger partial charge is 0.396 e. The normalized spacial score (nSPS) is 53.1. The summed E-state index contributed by atoms with van der Waals surface area (Å²) in [6.45, 7) is 0.686. The molecule has 1 unspecified atom stereocenters. The van der Waals surface area contributed by atoms with Gasteiger partial charge in [-0.2, -0.15) is 0 Å². The van der Waals surface area contributed by atoms with Crippen molar-refractivity contribution in [2.24, 2.45) is 34.8 Å². The molecule has 0 spiro atoms. The third kappa shape index (κ3) is 1.31. The number of fused-ring (bicyclic) bond motifs is 4. The molecular formula is C11H19NO3S. The van der Waals surface area contributed by atoms with Crippen LogP contribution in [0.25, 0.3) is 0 Å². The summed E-state index contributed by atoms with van der Waals surface area (Å²) < 4.78 is 23.1. The van der Waals surface area contributed by atoms with Crippen LogP contribution in [-0.4, -0.2) is 38.2 Å². The molecule has 2 aliphatic carbocycles. The number of hydrogen-bond acceptors (Lipinski definition) is 4. The van der Waals surface area contributed by atoms with Crippen LogP contribution in [0.15, 0.2) is 0 Å². The zero-order valence-corrected chi connectivity index (χ0v) is 10.1. The number of rotatable bonds is 2. The Morgan fingerprint density at radius 2 is 1.62 bits per heavy atom. The first-order valence-electron chi connectivity index (χ1n) is 6.02. The maximum absolute atomic E-state index is 11.5. The number of sulfone groups is 1. The molecular weight excluding hydrogens is 226 g/mol. The third-order valence-electron chi connectivity index (χ3n) is 5.20. The molecule has 0 aromatic carbocycles. The van der Waals surface area contributed by atoms with E-state index < -0.39 is 9.84 Å². The van der Waals surface area contributed by atoms with Crippen molar-refractivity contribution in [1.29, 1.82) is 0 Å². The topological polar surface area (TPSA) is 80.4 Å². The fourth-order valence-corrected chi connectivity index (χ4v) is 6.62. The van der Waals surface area contributed by atoms with Gasteiger partial charge in [0.05, 0.1) is 11.5 Å². The van der Waals surface area contributed by atoms with Crippen molar-refractivity contribution in [3.63, 3.8) is 0 Å². The minimum Gasteiger partial charge on any atom is -0.396 e. The summed E-state index contributed by atoms with van der Waals surface area (Å²) in [5, 5.41) is 9.45. The molecule has 3 rings (SSSR count). The van der Waals surface area contributed by atoms with E-state index in [2.05, 4.69) is 0 Å². The van der Waals surface area contributed by atoms with Gasteiger partial charge in [-0.05, 0) is 36.5 Å². The van der Waals surface area contributed by atoms with Gasteiger partial charge < -0.3 is 10.8 Å². The lowest BCUT2D eigenvalue weighted by molar-refractivity contribution is 0.0462. The van der Waals surface area contributed by atoms with Gasteiger partial charge in [0.25, 0.3) is 0 Å².